The summed E-state index contributed by atoms with van der Waals surface area (Å²) in [4.78, 5) is 0. The summed E-state index contributed by atoms with van der Waals surface area (Å²) < 4.78 is 0. The van der Waals surface area contributed by atoms with E-state index >= 15 is 0 Å². The summed E-state index contributed by atoms with van der Waals surface area (Å²) in [7, 11) is 0. The molecule has 1 heteroatoms. The minimum absolute atomic E-state index is 0.245. The zero-order valence-electron chi connectivity index (χ0n) is 8.69. The van der Waals surface area contributed by atoms with Gasteiger partial charge >= 0.3 is 0 Å². The molecule has 1 saturated carbocycles. The molecule has 15 heavy (non-hydrogen) atoms. The van der Waals surface area contributed by atoms with E-state index in [9.17, 15) is 0 Å². The number of hydrogen-bond donors (Lipinski definition) is 1. The molecule has 0 saturated heterocycles. The molecule has 2 aromatic carbocycles. The molecular formula is C14H15N. The van der Waals surface area contributed by atoms with Crippen LogP contribution < -0.4 is 5.73 Å². The Balaban J connectivity index is 2.05. The Morgan fingerprint density at radius 2 is 1.73 bits per heavy atom. The third-order valence-electron chi connectivity index (χ3n) is 3.29. The smallest absolute Gasteiger partial charge is 0.0323 e. The summed E-state index contributed by atoms with van der Waals surface area (Å²) in [5.74, 6) is 0.728. The van der Waals surface area contributed by atoms with Crippen molar-refractivity contribution in [2.24, 2.45) is 11.7 Å². The van der Waals surface area contributed by atoms with Gasteiger partial charge in [-0.25, -0.2) is 0 Å². The Labute approximate surface area is 89.9 Å². The summed E-state index contributed by atoms with van der Waals surface area (Å²) in [6, 6.07) is 15.3. The van der Waals surface area contributed by atoms with Crippen LogP contribution in [0.25, 0.3) is 10.8 Å². The summed E-state index contributed by atoms with van der Waals surface area (Å²) >= 11 is 0. The highest BCUT2D eigenvalue weighted by atomic mass is 14.7. The van der Waals surface area contributed by atoms with Crippen LogP contribution in [-0.4, -0.2) is 0 Å². The van der Waals surface area contributed by atoms with Crippen LogP contribution in [0.5, 0.6) is 0 Å². The van der Waals surface area contributed by atoms with Crippen LogP contribution in [0.2, 0.25) is 0 Å². The molecule has 0 spiro atoms. The molecule has 0 aliphatic heterocycles. The lowest BCUT2D eigenvalue weighted by molar-refractivity contribution is 0.634. The van der Waals surface area contributed by atoms with Crippen molar-refractivity contribution in [3.63, 3.8) is 0 Å². The van der Waals surface area contributed by atoms with E-state index in [2.05, 4.69) is 42.5 Å². The van der Waals surface area contributed by atoms with Gasteiger partial charge in [0, 0.05) is 6.04 Å². The van der Waals surface area contributed by atoms with Gasteiger partial charge < -0.3 is 5.73 Å². The van der Waals surface area contributed by atoms with Crippen molar-refractivity contribution in [1.29, 1.82) is 0 Å². The van der Waals surface area contributed by atoms with Crippen LogP contribution >= 0.6 is 0 Å². The topological polar surface area (TPSA) is 26.0 Å². The summed E-state index contributed by atoms with van der Waals surface area (Å²) in [6.07, 6.45) is 2.60. The maximum absolute atomic E-state index is 6.19. The monoisotopic (exact) mass is 197 g/mol. The molecule has 1 nitrogen and oxygen atoms in total. The summed E-state index contributed by atoms with van der Waals surface area (Å²) in [5, 5.41) is 2.59. The average Bonchev–Trinajstić information content (AvgIpc) is 3.11. The van der Waals surface area contributed by atoms with Gasteiger partial charge in [-0.2, -0.15) is 0 Å². The lowest BCUT2D eigenvalue weighted by atomic mass is 10.00. The Morgan fingerprint density at radius 1 is 1.00 bits per heavy atom. The van der Waals surface area contributed by atoms with E-state index < -0.39 is 0 Å². The molecule has 0 radical (unpaired) electrons. The van der Waals surface area contributed by atoms with Crippen molar-refractivity contribution in [3.05, 3.63) is 48.0 Å². The van der Waals surface area contributed by atoms with Crippen LogP contribution in [0, 0.1) is 5.92 Å². The zero-order chi connectivity index (χ0) is 10.3. The lowest BCUT2D eigenvalue weighted by Gasteiger charge is -2.11. The van der Waals surface area contributed by atoms with Gasteiger partial charge in [0.2, 0.25) is 0 Å². The highest BCUT2D eigenvalue weighted by Crippen LogP contribution is 2.39. The summed E-state index contributed by atoms with van der Waals surface area (Å²) in [6.45, 7) is 0. The SMILES string of the molecule is N[C@H](c1ccc2ccccc2c1)C1CC1. The van der Waals surface area contributed by atoms with Crippen molar-refractivity contribution in [2.45, 2.75) is 18.9 Å². The van der Waals surface area contributed by atoms with Gasteiger partial charge in [0.05, 0.1) is 0 Å². The predicted octanol–water partition coefficient (Wildman–Crippen LogP) is 3.25. The normalized spacial score (nSPS) is 17.9. The third-order valence-corrected chi connectivity index (χ3v) is 3.29. The second kappa shape index (κ2) is 3.35. The second-order valence-electron chi connectivity index (χ2n) is 4.47. The second-order valence-corrected chi connectivity index (χ2v) is 4.47. The quantitative estimate of drug-likeness (QED) is 0.785. The highest BCUT2D eigenvalue weighted by Gasteiger charge is 2.29. The van der Waals surface area contributed by atoms with Crippen molar-refractivity contribution < 1.29 is 0 Å². The fourth-order valence-corrected chi connectivity index (χ4v) is 2.14. The van der Waals surface area contributed by atoms with Gasteiger partial charge in [0.25, 0.3) is 0 Å². The number of benzene rings is 2. The fraction of sp³-hybridized carbons (Fsp3) is 0.286. The Bertz CT molecular complexity index is 485. The Kier molecular flexibility index (Phi) is 2.00. The molecule has 1 aliphatic carbocycles. The van der Waals surface area contributed by atoms with Crippen LogP contribution in [-0.2, 0) is 0 Å². The molecule has 3 rings (SSSR count). The fourth-order valence-electron chi connectivity index (χ4n) is 2.14. The summed E-state index contributed by atoms with van der Waals surface area (Å²) in [5.41, 5.74) is 7.48. The Hall–Kier alpha value is -1.34. The predicted molar refractivity (Wildman–Crippen MR) is 63.6 cm³/mol. The van der Waals surface area contributed by atoms with E-state index in [0.717, 1.165) is 5.92 Å². The minimum Gasteiger partial charge on any atom is -0.324 e. The third kappa shape index (κ3) is 1.64. The molecule has 76 valence electrons. The van der Waals surface area contributed by atoms with Gasteiger partial charge in [-0.3, -0.25) is 0 Å². The van der Waals surface area contributed by atoms with Crippen molar-refractivity contribution >= 4 is 10.8 Å². The molecule has 0 unspecified atom stereocenters. The average molecular weight is 197 g/mol. The molecule has 1 aliphatic rings. The number of hydrogen-bond acceptors (Lipinski definition) is 1. The van der Waals surface area contributed by atoms with Crippen LogP contribution in [0.1, 0.15) is 24.4 Å². The first-order valence-electron chi connectivity index (χ1n) is 5.59. The molecule has 1 fully saturated rings. The molecular weight excluding hydrogens is 182 g/mol. The van der Waals surface area contributed by atoms with Crippen molar-refractivity contribution in [2.75, 3.05) is 0 Å². The van der Waals surface area contributed by atoms with Crippen molar-refractivity contribution in [1.82, 2.24) is 0 Å². The maximum atomic E-state index is 6.19. The highest BCUT2D eigenvalue weighted by molar-refractivity contribution is 5.83. The van der Waals surface area contributed by atoms with E-state index in [1.807, 2.05) is 0 Å². The van der Waals surface area contributed by atoms with E-state index in [-0.39, 0.29) is 6.04 Å². The largest absolute Gasteiger partial charge is 0.324 e. The number of rotatable bonds is 2. The van der Waals surface area contributed by atoms with E-state index in [0.29, 0.717) is 0 Å². The molecule has 0 heterocycles. The standard InChI is InChI=1S/C14H15N/c15-14(11-6-7-11)13-8-5-10-3-1-2-4-12(10)9-13/h1-5,8-9,11,14H,6-7,15H2/t14-/m0/s1. The molecule has 0 bridgehead atoms. The number of fused-ring (bicyclic) bond motifs is 1. The maximum Gasteiger partial charge on any atom is 0.0323 e. The minimum atomic E-state index is 0.245. The molecule has 1 atom stereocenters. The van der Waals surface area contributed by atoms with Gasteiger partial charge in [0.1, 0.15) is 0 Å². The van der Waals surface area contributed by atoms with Crippen LogP contribution in [0.4, 0.5) is 0 Å². The molecule has 0 aromatic heterocycles. The van der Waals surface area contributed by atoms with Crippen molar-refractivity contribution in [3.8, 4) is 0 Å². The Morgan fingerprint density at radius 3 is 2.47 bits per heavy atom. The lowest BCUT2D eigenvalue weighted by Crippen LogP contribution is -2.11. The number of nitrogens with two attached hydrogens (primary N) is 1. The first kappa shape index (κ1) is 8.93. The van der Waals surface area contributed by atoms with Crippen LogP contribution in [0.3, 0.4) is 0 Å². The first-order valence-corrected chi connectivity index (χ1v) is 5.59. The van der Waals surface area contributed by atoms with Gasteiger partial charge in [-0.05, 0) is 41.2 Å². The molecule has 2 N–H and O–H groups in total. The molecule has 0 amide bonds. The van der Waals surface area contributed by atoms with Gasteiger partial charge in [0.15, 0.2) is 0 Å². The van der Waals surface area contributed by atoms with Crippen LogP contribution in [0.15, 0.2) is 42.5 Å². The van der Waals surface area contributed by atoms with E-state index in [4.69, 9.17) is 5.73 Å². The van der Waals surface area contributed by atoms with Gasteiger partial charge in [-0.1, -0.05) is 36.4 Å². The zero-order valence-corrected chi connectivity index (χ0v) is 8.69. The van der Waals surface area contributed by atoms with Gasteiger partial charge in [-0.15, -0.1) is 0 Å². The molecule has 2 aromatic rings. The van der Waals surface area contributed by atoms with E-state index in [1.165, 1.54) is 29.2 Å². The van der Waals surface area contributed by atoms with E-state index in [1.54, 1.807) is 0 Å². The first-order chi connectivity index (χ1) is 7.34.